The van der Waals surface area contributed by atoms with Crippen LogP contribution in [0.25, 0.3) is 0 Å². The van der Waals surface area contributed by atoms with Gasteiger partial charge in [-0.05, 0) is 37.1 Å². The van der Waals surface area contributed by atoms with Crippen LogP contribution in [0.1, 0.15) is 29.3 Å². The molecule has 0 spiro atoms. The van der Waals surface area contributed by atoms with Crippen molar-refractivity contribution in [3.63, 3.8) is 0 Å². The fourth-order valence-electron chi connectivity index (χ4n) is 1.77. The molecule has 0 aliphatic rings. The number of carbonyl (C=O) groups is 2. The van der Waals surface area contributed by atoms with E-state index in [-0.39, 0.29) is 17.9 Å². The van der Waals surface area contributed by atoms with Crippen LogP contribution in [0.15, 0.2) is 18.2 Å². The first-order chi connectivity index (χ1) is 9.03. The molecule has 0 aliphatic heterocycles. The first kappa shape index (κ1) is 15.0. The number of methoxy groups -OCH3 is 1. The Kier molecular flexibility index (Phi) is 5.36. The highest BCUT2D eigenvalue weighted by molar-refractivity contribution is 5.94. The van der Waals surface area contributed by atoms with E-state index >= 15 is 0 Å². The van der Waals surface area contributed by atoms with Gasteiger partial charge in [-0.2, -0.15) is 0 Å². The third-order valence-electron chi connectivity index (χ3n) is 2.94. The maximum Gasteiger partial charge on any atom is 0.328 e. The highest BCUT2D eigenvalue weighted by atomic mass is 16.5. The quantitative estimate of drug-likeness (QED) is 0.795. The summed E-state index contributed by atoms with van der Waals surface area (Å²) in [5.41, 5.74) is 2.32. The van der Waals surface area contributed by atoms with Gasteiger partial charge in [-0.15, -0.1) is 0 Å². The van der Waals surface area contributed by atoms with Crippen molar-refractivity contribution in [2.24, 2.45) is 0 Å². The Bertz CT molecular complexity index is 472. The molecule has 1 unspecified atom stereocenters. The molecule has 0 saturated heterocycles. The second-order valence-electron chi connectivity index (χ2n) is 4.24. The van der Waals surface area contributed by atoms with Crippen molar-refractivity contribution in [3.05, 3.63) is 29.3 Å². The van der Waals surface area contributed by atoms with Crippen molar-refractivity contribution in [3.8, 4) is 0 Å². The largest absolute Gasteiger partial charge is 0.467 e. The molecule has 1 rings (SSSR count). The van der Waals surface area contributed by atoms with Crippen molar-refractivity contribution < 1.29 is 14.3 Å². The summed E-state index contributed by atoms with van der Waals surface area (Å²) in [6.45, 7) is 3.79. The molecule has 0 saturated carbocycles. The fourth-order valence-corrected chi connectivity index (χ4v) is 1.77. The molecular weight excluding hydrogens is 244 g/mol. The molecule has 0 aliphatic carbocycles. The number of amides is 1. The number of nitrogens with one attached hydrogen (secondary N) is 2. The standard InChI is InChI=1S/C14H20N2O3/c1-5-11(14(18)19-4)16-12-7-6-10(8-9(12)2)13(17)15-3/h6-8,11,16H,5H2,1-4H3,(H,15,17). The number of anilines is 1. The zero-order valence-electron chi connectivity index (χ0n) is 11.7. The molecule has 0 aromatic heterocycles. The van der Waals surface area contributed by atoms with Crippen LogP contribution in [0.5, 0.6) is 0 Å². The Labute approximate surface area is 113 Å². The molecular formula is C14H20N2O3. The van der Waals surface area contributed by atoms with Gasteiger partial charge in [0.2, 0.25) is 0 Å². The number of rotatable bonds is 5. The molecule has 19 heavy (non-hydrogen) atoms. The lowest BCUT2D eigenvalue weighted by Gasteiger charge is -2.17. The number of esters is 1. The SMILES string of the molecule is CCC(Nc1ccc(C(=O)NC)cc1C)C(=O)OC. The van der Waals surface area contributed by atoms with Crippen LogP contribution < -0.4 is 10.6 Å². The van der Waals surface area contributed by atoms with Crippen molar-refractivity contribution >= 4 is 17.6 Å². The Balaban J connectivity index is 2.90. The number of carbonyl (C=O) groups excluding carboxylic acids is 2. The Hall–Kier alpha value is -2.04. The van der Waals surface area contributed by atoms with Crippen LogP contribution in [-0.4, -0.2) is 32.1 Å². The van der Waals surface area contributed by atoms with Crippen LogP contribution in [0.3, 0.4) is 0 Å². The van der Waals surface area contributed by atoms with E-state index in [9.17, 15) is 9.59 Å². The van der Waals surface area contributed by atoms with Gasteiger partial charge in [-0.25, -0.2) is 4.79 Å². The predicted octanol–water partition coefficient (Wildman–Crippen LogP) is 1.72. The maximum absolute atomic E-state index is 11.5. The normalized spacial score (nSPS) is 11.6. The molecule has 1 aromatic rings. The molecule has 0 bridgehead atoms. The van der Waals surface area contributed by atoms with Gasteiger partial charge in [0.1, 0.15) is 6.04 Å². The second kappa shape index (κ2) is 6.78. The monoisotopic (exact) mass is 264 g/mol. The molecule has 1 amide bonds. The molecule has 5 nitrogen and oxygen atoms in total. The van der Waals surface area contributed by atoms with Gasteiger partial charge in [-0.1, -0.05) is 6.92 Å². The number of hydrogen-bond acceptors (Lipinski definition) is 4. The van der Waals surface area contributed by atoms with Crippen LogP contribution in [-0.2, 0) is 9.53 Å². The smallest absolute Gasteiger partial charge is 0.328 e. The molecule has 2 N–H and O–H groups in total. The number of benzene rings is 1. The van der Waals surface area contributed by atoms with Gasteiger partial charge in [0.25, 0.3) is 5.91 Å². The summed E-state index contributed by atoms with van der Waals surface area (Å²) in [4.78, 5) is 23.0. The van der Waals surface area contributed by atoms with E-state index in [0.29, 0.717) is 12.0 Å². The van der Waals surface area contributed by atoms with E-state index < -0.39 is 0 Å². The highest BCUT2D eigenvalue weighted by Gasteiger charge is 2.17. The average molecular weight is 264 g/mol. The van der Waals surface area contributed by atoms with Crippen molar-refractivity contribution in [1.29, 1.82) is 0 Å². The summed E-state index contributed by atoms with van der Waals surface area (Å²) >= 11 is 0. The fraction of sp³-hybridized carbons (Fsp3) is 0.429. The second-order valence-corrected chi connectivity index (χ2v) is 4.24. The van der Waals surface area contributed by atoms with Crippen molar-refractivity contribution in [2.45, 2.75) is 26.3 Å². The zero-order chi connectivity index (χ0) is 14.4. The summed E-state index contributed by atoms with van der Waals surface area (Å²) in [6.07, 6.45) is 0.628. The van der Waals surface area contributed by atoms with Crippen LogP contribution in [0.4, 0.5) is 5.69 Å². The molecule has 5 heteroatoms. The first-order valence-electron chi connectivity index (χ1n) is 6.20. The van der Waals surface area contributed by atoms with E-state index in [1.54, 1.807) is 25.2 Å². The van der Waals surface area contributed by atoms with E-state index in [0.717, 1.165) is 11.3 Å². The van der Waals surface area contributed by atoms with Gasteiger partial charge in [0.05, 0.1) is 7.11 Å². The van der Waals surface area contributed by atoms with E-state index in [4.69, 9.17) is 4.74 Å². The summed E-state index contributed by atoms with van der Waals surface area (Å²) in [7, 11) is 2.96. The zero-order valence-corrected chi connectivity index (χ0v) is 11.7. The number of ether oxygens (including phenoxy) is 1. The average Bonchev–Trinajstić information content (AvgIpc) is 2.44. The summed E-state index contributed by atoms with van der Waals surface area (Å²) in [6, 6.07) is 4.92. The molecule has 0 fully saturated rings. The summed E-state index contributed by atoms with van der Waals surface area (Å²) in [5, 5.41) is 5.70. The van der Waals surface area contributed by atoms with Crippen molar-refractivity contribution in [2.75, 3.05) is 19.5 Å². The molecule has 1 aromatic carbocycles. The molecule has 1 atom stereocenters. The Morgan fingerprint density at radius 2 is 2.05 bits per heavy atom. The minimum atomic E-state index is -0.380. The van der Waals surface area contributed by atoms with Gasteiger partial charge < -0.3 is 15.4 Å². The lowest BCUT2D eigenvalue weighted by Crippen LogP contribution is -2.30. The van der Waals surface area contributed by atoms with Gasteiger partial charge in [-0.3, -0.25) is 4.79 Å². The van der Waals surface area contributed by atoms with Gasteiger partial charge >= 0.3 is 5.97 Å². The summed E-state index contributed by atoms with van der Waals surface area (Å²) in [5.74, 6) is -0.424. The first-order valence-corrected chi connectivity index (χ1v) is 6.20. The maximum atomic E-state index is 11.5. The lowest BCUT2D eigenvalue weighted by molar-refractivity contribution is -0.141. The Morgan fingerprint density at radius 1 is 1.37 bits per heavy atom. The third-order valence-corrected chi connectivity index (χ3v) is 2.94. The van der Waals surface area contributed by atoms with E-state index in [1.807, 2.05) is 13.8 Å². The van der Waals surface area contributed by atoms with Crippen LogP contribution in [0.2, 0.25) is 0 Å². The topological polar surface area (TPSA) is 67.4 Å². The van der Waals surface area contributed by atoms with Crippen LogP contribution in [0, 0.1) is 6.92 Å². The Morgan fingerprint density at radius 3 is 2.53 bits per heavy atom. The minimum Gasteiger partial charge on any atom is -0.467 e. The lowest BCUT2D eigenvalue weighted by atomic mass is 10.1. The third kappa shape index (κ3) is 3.71. The number of hydrogen-bond donors (Lipinski definition) is 2. The van der Waals surface area contributed by atoms with Crippen LogP contribution >= 0.6 is 0 Å². The van der Waals surface area contributed by atoms with Crippen molar-refractivity contribution in [1.82, 2.24) is 5.32 Å². The highest BCUT2D eigenvalue weighted by Crippen LogP contribution is 2.18. The van der Waals surface area contributed by atoms with Gasteiger partial charge in [0.15, 0.2) is 0 Å². The van der Waals surface area contributed by atoms with Gasteiger partial charge in [0, 0.05) is 18.3 Å². The molecule has 0 heterocycles. The minimum absolute atomic E-state index is 0.130. The molecule has 104 valence electrons. The predicted molar refractivity (Wildman–Crippen MR) is 74.3 cm³/mol. The number of aryl methyl sites for hydroxylation is 1. The van der Waals surface area contributed by atoms with E-state index in [1.165, 1.54) is 7.11 Å². The molecule has 0 radical (unpaired) electrons. The summed E-state index contributed by atoms with van der Waals surface area (Å²) < 4.78 is 4.73. The van der Waals surface area contributed by atoms with E-state index in [2.05, 4.69) is 10.6 Å².